The zero-order valence-electron chi connectivity index (χ0n) is 10.8. The number of rotatable bonds is 2. The molecule has 1 N–H and O–H groups in total. The number of benzene rings is 1. The minimum atomic E-state index is -0.134. The summed E-state index contributed by atoms with van der Waals surface area (Å²) in [5.74, 6) is -0.134. The van der Waals surface area contributed by atoms with E-state index in [2.05, 4.69) is 31.2 Å². The Morgan fingerprint density at radius 3 is 2.76 bits per heavy atom. The maximum absolute atomic E-state index is 11.9. The van der Waals surface area contributed by atoms with Crippen LogP contribution in [0, 0.1) is 0 Å². The summed E-state index contributed by atoms with van der Waals surface area (Å²) < 4.78 is 1.01. The number of carbonyl (C=O) groups is 1. The molecular weight excluding hydrogens is 350 g/mol. The van der Waals surface area contributed by atoms with Crippen LogP contribution in [-0.2, 0) is 4.79 Å². The van der Waals surface area contributed by atoms with Crippen molar-refractivity contribution in [3.63, 3.8) is 0 Å². The second-order valence-corrected chi connectivity index (χ2v) is 6.19. The lowest BCUT2D eigenvalue weighted by atomic mass is 10.2. The van der Waals surface area contributed by atoms with Crippen molar-refractivity contribution >= 4 is 50.5 Å². The molecule has 0 bridgehead atoms. The van der Waals surface area contributed by atoms with E-state index in [0.717, 1.165) is 10.0 Å². The summed E-state index contributed by atoms with van der Waals surface area (Å²) in [6.45, 7) is 0. The molecule has 0 atom stereocenters. The van der Waals surface area contributed by atoms with Gasteiger partial charge in [0.25, 0.3) is 5.91 Å². The van der Waals surface area contributed by atoms with Crippen molar-refractivity contribution in [1.29, 1.82) is 0 Å². The molecule has 0 unspecified atom stereocenters. The van der Waals surface area contributed by atoms with Gasteiger partial charge in [0.1, 0.15) is 0 Å². The van der Waals surface area contributed by atoms with Gasteiger partial charge in [0.2, 0.25) is 0 Å². The molecule has 21 heavy (non-hydrogen) atoms. The third kappa shape index (κ3) is 3.59. The van der Waals surface area contributed by atoms with E-state index in [1.54, 1.807) is 18.5 Å². The number of thioether (sulfide) groups is 1. The van der Waals surface area contributed by atoms with E-state index in [1.807, 2.05) is 36.4 Å². The highest BCUT2D eigenvalue weighted by Crippen LogP contribution is 2.28. The number of hydrogen-bond donors (Lipinski definition) is 1. The Morgan fingerprint density at radius 1 is 1.24 bits per heavy atom. The topological polar surface area (TPSA) is 54.4 Å². The highest BCUT2D eigenvalue weighted by Gasteiger charge is 2.23. The van der Waals surface area contributed by atoms with Gasteiger partial charge in [-0.05, 0) is 47.7 Å². The molecular formula is C15H10BrN3OS. The summed E-state index contributed by atoms with van der Waals surface area (Å²) in [5, 5.41) is 3.32. The van der Waals surface area contributed by atoms with Gasteiger partial charge in [0, 0.05) is 10.7 Å². The molecule has 3 rings (SSSR count). The molecule has 0 spiro atoms. The highest BCUT2D eigenvalue weighted by atomic mass is 79.9. The molecule has 1 aliphatic rings. The molecule has 0 aliphatic carbocycles. The normalized spacial score (nSPS) is 18.2. The molecule has 1 aromatic carbocycles. The van der Waals surface area contributed by atoms with Crippen LogP contribution in [-0.4, -0.2) is 16.1 Å². The standard InChI is InChI=1S/C15H10BrN3OS/c16-11-5-3-10(4-6-11)8-13-14(20)19-15(21-13)18-12-2-1-7-17-9-12/h1-9H,(H,18,19,20)/b13-8-. The van der Waals surface area contributed by atoms with E-state index >= 15 is 0 Å². The second-order valence-electron chi connectivity index (χ2n) is 4.24. The van der Waals surface area contributed by atoms with Gasteiger partial charge >= 0.3 is 0 Å². The summed E-state index contributed by atoms with van der Waals surface area (Å²) in [5.41, 5.74) is 1.68. The fourth-order valence-electron chi connectivity index (χ4n) is 1.73. The summed E-state index contributed by atoms with van der Waals surface area (Å²) in [6.07, 6.45) is 5.18. The van der Waals surface area contributed by atoms with Gasteiger partial charge in [-0.15, -0.1) is 0 Å². The van der Waals surface area contributed by atoms with Gasteiger partial charge < -0.3 is 5.32 Å². The summed E-state index contributed by atoms with van der Waals surface area (Å²) in [6, 6.07) is 11.4. The van der Waals surface area contributed by atoms with E-state index in [-0.39, 0.29) is 5.91 Å². The summed E-state index contributed by atoms with van der Waals surface area (Å²) in [4.78, 5) is 20.9. The number of amides is 1. The van der Waals surface area contributed by atoms with Crippen LogP contribution in [0.3, 0.4) is 0 Å². The van der Waals surface area contributed by atoms with Gasteiger partial charge in [-0.3, -0.25) is 9.78 Å². The minimum Gasteiger partial charge on any atom is -0.300 e. The molecule has 6 heteroatoms. The van der Waals surface area contributed by atoms with Crippen molar-refractivity contribution in [1.82, 2.24) is 10.3 Å². The van der Waals surface area contributed by atoms with Crippen LogP contribution in [0.4, 0.5) is 5.69 Å². The van der Waals surface area contributed by atoms with E-state index in [9.17, 15) is 4.79 Å². The van der Waals surface area contributed by atoms with E-state index in [0.29, 0.717) is 15.8 Å². The molecule has 1 fully saturated rings. The third-order valence-corrected chi connectivity index (χ3v) is 4.13. The molecule has 2 heterocycles. The monoisotopic (exact) mass is 359 g/mol. The molecule has 0 saturated carbocycles. The summed E-state index contributed by atoms with van der Waals surface area (Å²) >= 11 is 4.71. The Hall–Kier alpha value is -1.92. The number of aromatic nitrogens is 1. The van der Waals surface area contributed by atoms with Gasteiger partial charge in [-0.2, -0.15) is 0 Å². The number of hydrogen-bond acceptors (Lipinski definition) is 4. The van der Waals surface area contributed by atoms with Crippen LogP contribution in [0.2, 0.25) is 0 Å². The van der Waals surface area contributed by atoms with Gasteiger partial charge in [-0.25, -0.2) is 4.99 Å². The molecule has 1 amide bonds. The zero-order chi connectivity index (χ0) is 14.7. The Labute approximate surface area is 134 Å². The first kappa shape index (κ1) is 14.0. The van der Waals surface area contributed by atoms with Crippen LogP contribution in [0.15, 0.2) is 63.2 Å². The molecule has 1 saturated heterocycles. The van der Waals surface area contributed by atoms with Crippen molar-refractivity contribution in [2.24, 2.45) is 4.99 Å². The van der Waals surface area contributed by atoms with Crippen LogP contribution in [0.5, 0.6) is 0 Å². The van der Waals surface area contributed by atoms with Gasteiger partial charge in [0.05, 0.1) is 16.8 Å². The number of carbonyl (C=O) groups excluding carboxylic acids is 1. The Morgan fingerprint density at radius 2 is 2.05 bits per heavy atom. The fourth-order valence-corrected chi connectivity index (χ4v) is 2.83. The average molecular weight is 360 g/mol. The third-order valence-electron chi connectivity index (χ3n) is 2.70. The highest BCUT2D eigenvalue weighted by molar-refractivity contribution is 9.10. The van der Waals surface area contributed by atoms with Crippen LogP contribution >= 0.6 is 27.7 Å². The average Bonchev–Trinajstić information content (AvgIpc) is 2.82. The van der Waals surface area contributed by atoms with E-state index < -0.39 is 0 Å². The van der Waals surface area contributed by atoms with Crippen molar-refractivity contribution < 1.29 is 4.79 Å². The first-order valence-corrected chi connectivity index (χ1v) is 7.77. The fraction of sp³-hybridized carbons (Fsp3) is 0. The number of aliphatic imine (C=N–C) groups is 1. The predicted molar refractivity (Wildman–Crippen MR) is 89.2 cm³/mol. The molecule has 1 aromatic heterocycles. The van der Waals surface area contributed by atoms with Crippen LogP contribution in [0.25, 0.3) is 6.08 Å². The first-order chi connectivity index (χ1) is 10.2. The van der Waals surface area contributed by atoms with Gasteiger partial charge in [0.15, 0.2) is 5.17 Å². The smallest absolute Gasteiger partial charge is 0.264 e. The van der Waals surface area contributed by atoms with Crippen molar-refractivity contribution in [3.05, 3.63) is 63.7 Å². The van der Waals surface area contributed by atoms with E-state index in [4.69, 9.17) is 0 Å². The van der Waals surface area contributed by atoms with Crippen molar-refractivity contribution in [2.45, 2.75) is 0 Å². The maximum atomic E-state index is 11.9. The maximum Gasteiger partial charge on any atom is 0.264 e. The van der Waals surface area contributed by atoms with Crippen LogP contribution < -0.4 is 5.32 Å². The largest absolute Gasteiger partial charge is 0.300 e. The SMILES string of the molecule is O=C1NC(=Nc2cccnc2)S/C1=C\c1ccc(Br)cc1. The molecule has 104 valence electrons. The lowest BCUT2D eigenvalue weighted by Crippen LogP contribution is -2.19. The Balaban J connectivity index is 1.82. The van der Waals surface area contributed by atoms with E-state index in [1.165, 1.54) is 11.8 Å². The zero-order valence-corrected chi connectivity index (χ0v) is 13.2. The van der Waals surface area contributed by atoms with Crippen molar-refractivity contribution in [2.75, 3.05) is 0 Å². The minimum absolute atomic E-state index is 0.134. The van der Waals surface area contributed by atoms with Crippen LogP contribution in [0.1, 0.15) is 5.56 Å². The second kappa shape index (κ2) is 6.24. The Kier molecular flexibility index (Phi) is 4.17. The number of nitrogens with one attached hydrogen (secondary N) is 1. The quantitative estimate of drug-likeness (QED) is 0.831. The first-order valence-electron chi connectivity index (χ1n) is 6.16. The molecule has 4 nitrogen and oxygen atoms in total. The molecule has 0 radical (unpaired) electrons. The Bertz CT molecular complexity index is 726. The number of halogens is 1. The lowest BCUT2D eigenvalue weighted by molar-refractivity contribution is -0.115. The molecule has 2 aromatic rings. The predicted octanol–water partition coefficient (Wildman–Crippen LogP) is 3.74. The number of nitrogens with zero attached hydrogens (tertiary/aromatic N) is 2. The number of pyridine rings is 1. The number of amidine groups is 1. The van der Waals surface area contributed by atoms with Gasteiger partial charge in [-0.1, -0.05) is 28.1 Å². The lowest BCUT2D eigenvalue weighted by Gasteiger charge is -1.95. The summed E-state index contributed by atoms with van der Waals surface area (Å²) in [7, 11) is 0. The van der Waals surface area contributed by atoms with Crippen molar-refractivity contribution in [3.8, 4) is 0 Å². The molecule has 1 aliphatic heterocycles.